The van der Waals surface area contributed by atoms with Gasteiger partial charge in [-0.3, -0.25) is 9.59 Å². The van der Waals surface area contributed by atoms with E-state index >= 15 is 0 Å². The van der Waals surface area contributed by atoms with Crippen LogP contribution in [0.2, 0.25) is 0 Å². The number of nitrogens with one attached hydrogen (secondary N) is 3. The van der Waals surface area contributed by atoms with Crippen LogP contribution in [0.3, 0.4) is 0 Å². The van der Waals surface area contributed by atoms with Gasteiger partial charge in [0.15, 0.2) is 0 Å². The van der Waals surface area contributed by atoms with E-state index in [0.717, 1.165) is 12.8 Å². The number of rotatable bonds is 14. The summed E-state index contributed by atoms with van der Waals surface area (Å²) in [5.74, 6) is 0.124. The van der Waals surface area contributed by atoms with Gasteiger partial charge in [-0.25, -0.2) is 0 Å². The molecule has 216 valence electrons. The van der Waals surface area contributed by atoms with Crippen molar-refractivity contribution in [2.24, 2.45) is 16.2 Å². The maximum absolute atomic E-state index is 13.0. The predicted molar refractivity (Wildman–Crippen MR) is 155 cm³/mol. The van der Waals surface area contributed by atoms with Crippen molar-refractivity contribution in [3.05, 3.63) is 0 Å². The monoisotopic (exact) mass is 513 g/mol. The van der Waals surface area contributed by atoms with Gasteiger partial charge >= 0.3 is 0 Å². The number of hydrogen-bond acceptors (Lipinski definition) is 4. The highest BCUT2D eigenvalue weighted by Crippen LogP contribution is 2.33. The van der Waals surface area contributed by atoms with Gasteiger partial charge in [0.25, 0.3) is 0 Å². The lowest BCUT2D eigenvalue weighted by molar-refractivity contribution is -0.134. The summed E-state index contributed by atoms with van der Waals surface area (Å²) in [7, 11) is 1.94. The average Bonchev–Trinajstić information content (AvgIpc) is 2.65. The van der Waals surface area contributed by atoms with Gasteiger partial charge < -0.3 is 20.7 Å². The average molecular weight is 514 g/mol. The van der Waals surface area contributed by atoms with Crippen LogP contribution >= 0.6 is 0 Å². The Morgan fingerprint density at radius 2 is 1.17 bits per heavy atom. The second-order valence-corrected chi connectivity index (χ2v) is 14.5. The highest BCUT2D eigenvalue weighted by Gasteiger charge is 2.35. The van der Waals surface area contributed by atoms with Crippen LogP contribution in [-0.2, 0) is 14.3 Å². The Morgan fingerprint density at radius 1 is 0.667 bits per heavy atom. The molecule has 0 aliphatic carbocycles. The van der Waals surface area contributed by atoms with Gasteiger partial charge in [0.2, 0.25) is 11.8 Å². The van der Waals surface area contributed by atoms with E-state index in [0.29, 0.717) is 26.0 Å². The van der Waals surface area contributed by atoms with E-state index < -0.39 is 10.8 Å². The van der Waals surface area contributed by atoms with Crippen molar-refractivity contribution >= 4 is 11.8 Å². The molecule has 6 nitrogen and oxygen atoms in total. The molecule has 36 heavy (non-hydrogen) atoms. The minimum atomic E-state index is -0.539. The van der Waals surface area contributed by atoms with Crippen LogP contribution in [0.1, 0.15) is 130 Å². The van der Waals surface area contributed by atoms with E-state index in [1.54, 1.807) is 0 Å². The first-order valence-electron chi connectivity index (χ1n) is 13.9. The number of carbonyl (C=O) groups excluding carboxylic acids is 2. The minimum Gasteiger partial charge on any atom is -0.375 e. The van der Waals surface area contributed by atoms with Crippen LogP contribution in [0.25, 0.3) is 0 Å². The first-order chi connectivity index (χ1) is 15.9. The second-order valence-electron chi connectivity index (χ2n) is 14.5. The first kappa shape index (κ1) is 37.0. The van der Waals surface area contributed by atoms with Crippen molar-refractivity contribution in [2.45, 2.75) is 146 Å². The highest BCUT2D eigenvalue weighted by molar-refractivity contribution is 5.82. The molecular weight excluding hydrogens is 450 g/mol. The van der Waals surface area contributed by atoms with Crippen molar-refractivity contribution in [1.29, 1.82) is 0 Å². The lowest BCUT2D eigenvalue weighted by Gasteiger charge is -2.38. The van der Waals surface area contributed by atoms with Crippen molar-refractivity contribution in [3.63, 3.8) is 0 Å². The molecule has 0 unspecified atom stereocenters. The quantitative estimate of drug-likeness (QED) is 0.248. The third kappa shape index (κ3) is 15.9. The summed E-state index contributed by atoms with van der Waals surface area (Å²) in [4.78, 5) is 25.7. The van der Waals surface area contributed by atoms with Gasteiger partial charge in [-0.2, -0.15) is 0 Å². The summed E-state index contributed by atoms with van der Waals surface area (Å²) in [5.41, 5.74) is -1.62. The lowest BCUT2D eigenvalue weighted by atomic mass is 9.75. The molecule has 3 N–H and O–H groups in total. The fraction of sp³-hybridized carbons (Fsp3) is 0.933. The zero-order valence-electron chi connectivity index (χ0n) is 27.0. The Hall–Kier alpha value is -1.14. The van der Waals surface area contributed by atoms with Crippen molar-refractivity contribution in [2.75, 3.05) is 20.2 Å². The molecule has 0 aromatic rings. The Morgan fingerprint density at radius 3 is 1.61 bits per heavy atom. The SMILES string of the molecule is CC.CNC(C)(C)CC(C)(C)NC(=O)C(C)(C)CCOC(C)(C)CCNC(=O)C(C)(C)CC(C)(C)C. The number of carbonyl (C=O) groups is 2. The zero-order valence-corrected chi connectivity index (χ0v) is 27.0. The zero-order chi connectivity index (χ0) is 29.2. The van der Waals surface area contributed by atoms with Gasteiger partial charge in [-0.15, -0.1) is 0 Å². The van der Waals surface area contributed by atoms with Crippen LogP contribution in [0.5, 0.6) is 0 Å². The molecule has 0 saturated heterocycles. The highest BCUT2D eigenvalue weighted by atomic mass is 16.5. The summed E-state index contributed by atoms with van der Waals surface area (Å²) in [5, 5.41) is 9.62. The van der Waals surface area contributed by atoms with Crippen LogP contribution < -0.4 is 16.0 Å². The van der Waals surface area contributed by atoms with Gasteiger partial charge in [-0.1, -0.05) is 62.3 Å². The number of hydrogen-bond donors (Lipinski definition) is 3. The van der Waals surface area contributed by atoms with E-state index in [1.807, 2.05) is 62.4 Å². The van der Waals surface area contributed by atoms with Gasteiger partial charge in [0.1, 0.15) is 0 Å². The topological polar surface area (TPSA) is 79.5 Å². The molecule has 0 aliphatic rings. The van der Waals surface area contributed by atoms with Gasteiger partial charge in [0.05, 0.1) is 5.60 Å². The molecule has 0 radical (unpaired) electrons. The van der Waals surface area contributed by atoms with Crippen LogP contribution in [-0.4, -0.2) is 48.7 Å². The molecule has 0 aliphatic heterocycles. The molecule has 0 aromatic carbocycles. The van der Waals surface area contributed by atoms with Crippen LogP contribution in [0, 0.1) is 16.2 Å². The van der Waals surface area contributed by atoms with Crippen LogP contribution in [0.4, 0.5) is 0 Å². The normalized spacial score (nSPS) is 13.6. The van der Waals surface area contributed by atoms with E-state index in [1.165, 1.54) is 0 Å². The van der Waals surface area contributed by atoms with E-state index in [4.69, 9.17) is 4.74 Å². The third-order valence-electron chi connectivity index (χ3n) is 6.45. The standard InChI is InChI=1S/C28H57N3O3.C2H6/c1-23(2,3)19-25(6,7)21(32)30-17-15-28(12,13)34-18-16-24(4,5)22(33)31-27(10,11)20-26(8,9)29-14;1-2/h29H,15-20H2,1-14H3,(H,30,32)(H,31,33);1-2H3. The molecule has 0 heterocycles. The Balaban J connectivity index is 0. The maximum Gasteiger partial charge on any atom is 0.226 e. The maximum atomic E-state index is 13.0. The fourth-order valence-corrected chi connectivity index (χ4v) is 4.60. The fourth-order valence-electron chi connectivity index (χ4n) is 4.60. The lowest BCUT2D eigenvalue weighted by Crippen LogP contribution is -2.54. The van der Waals surface area contributed by atoms with Crippen molar-refractivity contribution in [1.82, 2.24) is 16.0 Å². The molecule has 0 fully saturated rings. The Bertz CT molecular complexity index is 671. The molecule has 2 amide bonds. The predicted octanol–water partition coefficient (Wildman–Crippen LogP) is 6.48. The largest absolute Gasteiger partial charge is 0.375 e. The summed E-state index contributed by atoms with van der Waals surface area (Å²) < 4.78 is 6.15. The molecule has 0 atom stereocenters. The summed E-state index contributed by atoms with van der Waals surface area (Å²) in [6.45, 7) is 31.9. The molecule has 0 bridgehead atoms. The molecule has 0 rings (SSSR count). The third-order valence-corrected chi connectivity index (χ3v) is 6.45. The molecule has 6 heteroatoms. The summed E-state index contributed by atoms with van der Waals surface area (Å²) >= 11 is 0. The van der Waals surface area contributed by atoms with E-state index in [2.05, 4.69) is 64.4 Å². The van der Waals surface area contributed by atoms with Gasteiger partial charge in [0, 0.05) is 35.1 Å². The molecule has 0 spiro atoms. The Kier molecular flexibility index (Phi) is 14.5. The Labute approximate surface area is 224 Å². The summed E-state index contributed by atoms with van der Waals surface area (Å²) in [6.07, 6.45) is 2.98. The van der Waals surface area contributed by atoms with E-state index in [9.17, 15) is 9.59 Å². The first-order valence-corrected chi connectivity index (χ1v) is 13.9. The minimum absolute atomic E-state index is 0.0409. The molecule has 0 aromatic heterocycles. The van der Waals surface area contributed by atoms with Crippen molar-refractivity contribution < 1.29 is 14.3 Å². The molecular formula is C30H63N3O3. The van der Waals surface area contributed by atoms with Gasteiger partial charge in [-0.05, 0) is 79.7 Å². The van der Waals surface area contributed by atoms with Crippen LogP contribution in [0.15, 0.2) is 0 Å². The number of amides is 2. The smallest absolute Gasteiger partial charge is 0.226 e. The molecule has 0 saturated carbocycles. The van der Waals surface area contributed by atoms with Crippen molar-refractivity contribution in [3.8, 4) is 0 Å². The van der Waals surface area contributed by atoms with E-state index in [-0.39, 0.29) is 33.9 Å². The second kappa shape index (κ2) is 14.1. The number of ether oxygens (including phenoxy) is 1. The summed E-state index contributed by atoms with van der Waals surface area (Å²) in [6, 6.07) is 0.